The van der Waals surface area contributed by atoms with Gasteiger partial charge in [-0.3, -0.25) is 0 Å². The molecule has 2 aliphatic carbocycles. The highest BCUT2D eigenvalue weighted by Crippen LogP contribution is 2.43. The van der Waals surface area contributed by atoms with E-state index in [-0.39, 0.29) is 25.2 Å². The second-order valence-electron chi connectivity index (χ2n) is 10.8. The zero-order valence-electron chi connectivity index (χ0n) is 22.4. The third-order valence-electron chi connectivity index (χ3n) is 7.97. The first-order chi connectivity index (χ1) is 19.1. The van der Waals surface area contributed by atoms with E-state index in [1.807, 2.05) is 30.3 Å². The summed E-state index contributed by atoms with van der Waals surface area (Å²) in [6.45, 7) is 0.496. The van der Waals surface area contributed by atoms with Crippen molar-refractivity contribution in [2.45, 2.75) is 64.2 Å². The summed E-state index contributed by atoms with van der Waals surface area (Å²) in [6, 6.07) is 13.0. The number of fused-ring (bicyclic) bond motifs is 2. The summed E-state index contributed by atoms with van der Waals surface area (Å²) in [7, 11) is 0. The molecular formula is C32H37ClO6. The number of hydrogen-bond donors (Lipinski definition) is 0. The molecule has 2 aliphatic rings. The Kier molecular flexibility index (Phi) is 9.46. The molecule has 7 heteroatoms. The van der Waals surface area contributed by atoms with E-state index >= 15 is 0 Å². The average molecular weight is 553 g/mol. The number of halogens is 1. The molecule has 3 aromatic carbocycles. The van der Waals surface area contributed by atoms with Crippen LogP contribution in [0.5, 0.6) is 11.5 Å². The Hall–Kier alpha value is -2.99. The Balaban J connectivity index is 1.32. The van der Waals surface area contributed by atoms with Gasteiger partial charge in [-0.25, -0.2) is 9.59 Å². The maximum Gasteiger partial charge on any atom is 0.344 e. The molecule has 3 aromatic rings. The van der Waals surface area contributed by atoms with Crippen LogP contribution in [0.2, 0.25) is 5.02 Å². The van der Waals surface area contributed by atoms with E-state index in [0.29, 0.717) is 47.0 Å². The van der Waals surface area contributed by atoms with Crippen molar-refractivity contribution in [2.75, 3.05) is 26.4 Å². The summed E-state index contributed by atoms with van der Waals surface area (Å²) < 4.78 is 23.3. The zero-order valence-corrected chi connectivity index (χ0v) is 23.2. The van der Waals surface area contributed by atoms with Crippen molar-refractivity contribution < 1.29 is 28.5 Å². The number of carbonyl (C=O) groups excluding carboxylic acids is 2. The molecular weight excluding hydrogens is 516 g/mol. The first kappa shape index (κ1) is 27.6. The molecule has 208 valence electrons. The summed E-state index contributed by atoms with van der Waals surface area (Å²) in [5.74, 6) is 1.20. The van der Waals surface area contributed by atoms with E-state index in [2.05, 4.69) is 0 Å². The van der Waals surface area contributed by atoms with Crippen LogP contribution in [0.15, 0.2) is 42.5 Å². The van der Waals surface area contributed by atoms with E-state index in [1.165, 1.54) is 38.5 Å². The lowest BCUT2D eigenvalue weighted by Crippen LogP contribution is -2.21. The molecule has 0 heterocycles. The average Bonchev–Trinajstić information content (AvgIpc) is 2.97. The molecule has 0 aliphatic heterocycles. The Morgan fingerprint density at radius 2 is 1.10 bits per heavy atom. The van der Waals surface area contributed by atoms with Crippen molar-refractivity contribution in [3.8, 4) is 11.5 Å². The van der Waals surface area contributed by atoms with Gasteiger partial charge in [0.1, 0.15) is 11.5 Å². The van der Waals surface area contributed by atoms with Gasteiger partial charge in [0.2, 0.25) is 0 Å². The topological polar surface area (TPSA) is 71.1 Å². The first-order valence-corrected chi connectivity index (χ1v) is 14.7. The third-order valence-corrected chi connectivity index (χ3v) is 8.20. The summed E-state index contributed by atoms with van der Waals surface area (Å²) >= 11 is 6.37. The van der Waals surface area contributed by atoms with Crippen molar-refractivity contribution >= 4 is 45.1 Å². The lowest BCUT2D eigenvalue weighted by Gasteiger charge is -2.21. The van der Waals surface area contributed by atoms with E-state index in [1.54, 1.807) is 12.1 Å². The van der Waals surface area contributed by atoms with Crippen LogP contribution in [-0.4, -0.2) is 38.4 Å². The van der Waals surface area contributed by atoms with Crippen LogP contribution in [0.1, 0.15) is 64.2 Å². The second-order valence-corrected chi connectivity index (χ2v) is 11.3. The lowest BCUT2D eigenvalue weighted by molar-refractivity contribution is -0.148. The van der Waals surface area contributed by atoms with E-state index < -0.39 is 0 Å². The molecule has 2 saturated carbocycles. The molecule has 2 fully saturated rings. The van der Waals surface area contributed by atoms with Gasteiger partial charge in [0.05, 0.1) is 13.2 Å². The Morgan fingerprint density at radius 1 is 0.641 bits per heavy atom. The first-order valence-electron chi connectivity index (χ1n) is 14.3. The summed E-state index contributed by atoms with van der Waals surface area (Å²) in [4.78, 5) is 25.1. The fourth-order valence-corrected chi connectivity index (χ4v) is 6.03. The van der Waals surface area contributed by atoms with Crippen LogP contribution in [0.4, 0.5) is 0 Å². The predicted molar refractivity (Wildman–Crippen MR) is 153 cm³/mol. The van der Waals surface area contributed by atoms with Crippen molar-refractivity contribution in [3.05, 3.63) is 47.5 Å². The minimum Gasteiger partial charge on any atom is -0.481 e. The van der Waals surface area contributed by atoms with Crippen molar-refractivity contribution in [1.29, 1.82) is 0 Å². The normalized spacial score (nSPS) is 16.7. The molecule has 0 radical (unpaired) electrons. The number of ether oxygens (including phenoxy) is 4. The molecule has 0 N–H and O–H groups in total. The van der Waals surface area contributed by atoms with Gasteiger partial charge in [0, 0.05) is 26.6 Å². The maximum absolute atomic E-state index is 12.6. The van der Waals surface area contributed by atoms with Gasteiger partial charge >= 0.3 is 11.9 Å². The van der Waals surface area contributed by atoms with Gasteiger partial charge in [0.25, 0.3) is 0 Å². The molecule has 0 bridgehead atoms. The number of carbonyl (C=O) groups is 2. The van der Waals surface area contributed by atoms with Gasteiger partial charge in [0.15, 0.2) is 13.2 Å². The summed E-state index contributed by atoms with van der Waals surface area (Å²) in [6.07, 6.45) is 11.8. The molecule has 0 amide bonds. The van der Waals surface area contributed by atoms with Crippen LogP contribution in [-0.2, 0) is 19.1 Å². The van der Waals surface area contributed by atoms with Crippen LogP contribution < -0.4 is 9.47 Å². The van der Waals surface area contributed by atoms with Gasteiger partial charge < -0.3 is 18.9 Å². The highest BCUT2D eigenvalue weighted by Gasteiger charge is 2.21. The molecule has 39 heavy (non-hydrogen) atoms. The fourth-order valence-electron chi connectivity index (χ4n) is 5.86. The zero-order chi connectivity index (χ0) is 27.0. The Bertz CT molecular complexity index is 1290. The van der Waals surface area contributed by atoms with E-state index in [9.17, 15) is 9.59 Å². The lowest BCUT2D eigenvalue weighted by atomic mass is 9.90. The Morgan fingerprint density at radius 3 is 1.62 bits per heavy atom. The minimum absolute atomic E-state index is 0.192. The largest absolute Gasteiger partial charge is 0.481 e. The minimum atomic E-state index is -0.388. The number of hydrogen-bond acceptors (Lipinski definition) is 6. The number of rotatable bonds is 10. The quantitative estimate of drug-likeness (QED) is 0.190. The van der Waals surface area contributed by atoms with Gasteiger partial charge in [-0.1, -0.05) is 74.4 Å². The molecule has 0 unspecified atom stereocenters. The molecule has 0 saturated heterocycles. The van der Waals surface area contributed by atoms with E-state index in [4.69, 9.17) is 30.5 Å². The van der Waals surface area contributed by atoms with Gasteiger partial charge in [-0.2, -0.15) is 0 Å². The smallest absolute Gasteiger partial charge is 0.344 e. The summed E-state index contributed by atoms with van der Waals surface area (Å²) in [5.41, 5.74) is 0. The monoisotopic (exact) mass is 552 g/mol. The number of esters is 2. The second kappa shape index (κ2) is 13.4. The van der Waals surface area contributed by atoms with Gasteiger partial charge in [-0.15, -0.1) is 0 Å². The molecule has 0 aromatic heterocycles. The van der Waals surface area contributed by atoms with Crippen LogP contribution in [0, 0.1) is 11.8 Å². The predicted octanol–water partition coefficient (Wildman–Crippen LogP) is 7.65. The van der Waals surface area contributed by atoms with Crippen LogP contribution >= 0.6 is 11.6 Å². The Labute approximate surface area is 234 Å². The van der Waals surface area contributed by atoms with Crippen LogP contribution in [0.25, 0.3) is 21.5 Å². The molecule has 6 nitrogen and oxygen atoms in total. The van der Waals surface area contributed by atoms with Crippen molar-refractivity contribution in [2.24, 2.45) is 11.8 Å². The molecule has 0 atom stereocenters. The van der Waals surface area contributed by atoms with E-state index in [0.717, 1.165) is 41.8 Å². The highest BCUT2D eigenvalue weighted by molar-refractivity contribution is 6.31. The SMILES string of the molecule is O=C(COc1c2ccccc2c(OCC(=O)OCC2CCCCC2)c2cc(Cl)ccc12)OCC1CCCCC1. The molecule has 0 spiro atoms. The number of benzene rings is 3. The standard InChI is InChI=1S/C32H37ClO6/c33-24-15-16-27-28(17-24)32(39-21-30(35)37-19-23-11-5-2-6-12-23)26-14-8-7-13-25(26)31(27)38-20-29(34)36-18-22-9-3-1-4-10-22/h7-8,13-17,22-23H,1-6,9-12,18-21H2. The van der Waals surface area contributed by atoms with Crippen LogP contribution in [0.3, 0.4) is 0 Å². The summed E-state index contributed by atoms with van der Waals surface area (Å²) in [5, 5.41) is 3.51. The molecule has 5 rings (SSSR count). The fraction of sp³-hybridized carbons (Fsp3) is 0.500. The van der Waals surface area contributed by atoms with Crippen molar-refractivity contribution in [1.82, 2.24) is 0 Å². The highest BCUT2D eigenvalue weighted by atomic mass is 35.5. The maximum atomic E-state index is 12.6. The van der Waals surface area contributed by atoms with Crippen molar-refractivity contribution in [3.63, 3.8) is 0 Å². The van der Waals surface area contributed by atoms with Gasteiger partial charge in [-0.05, 0) is 55.7 Å². The third kappa shape index (κ3) is 7.16.